The van der Waals surface area contributed by atoms with Gasteiger partial charge in [-0.25, -0.2) is 8.42 Å². The molecule has 0 atom stereocenters. The number of rotatable bonds is 8. The van der Waals surface area contributed by atoms with E-state index >= 15 is 0 Å². The normalized spacial score (nSPS) is 17.9. The maximum atomic E-state index is 12.7. The van der Waals surface area contributed by atoms with Crippen molar-refractivity contribution in [1.29, 1.82) is 0 Å². The van der Waals surface area contributed by atoms with E-state index in [2.05, 4.69) is 10.2 Å². The van der Waals surface area contributed by atoms with Crippen LogP contribution < -0.4 is 5.32 Å². The summed E-state index contributed by atoms with van der Waals surface area (Å²) in [5.41, 5.74) is 0.499. The van der Waals surface area contributed by atoms with E-state index < -0.39 is 10.0 Å². The van der Waals surface area contributed by atoms with E-state index in [-0.39, 0.29) is 17.3 Å². The molecule has 2 aromatic rings. The molecule has 150 valence electrons. The van der Waals surface area contributed by atoms with Gasteiger partial charge in [-0.05, 0) is 56.0 Å². The van der Waals surface area contributed by atoms with Gasteiger partial charge in [-0.2, -0.15) is 4.31 Å². The van der Waals surface area contributed by atoms with Gasteiger partial charge in [0.15, 0.2) is 0 Å². The Balaban J connectivity index is 1.41. The standard InChI is InChI=1S/C20H25N3O4S/c24-20(15-22(17-8-9-17)14-18-6-4-12-27-18)21-16-5-3-7-19(13-16)28(25,26)23-10-1-2-11-23/h3-7,12-13,17H,1-2,8-11,14-15H2,(H,21,24). The molecule has 1 amide bonds. The highest BCUT2D eigenvalue weighted by atomic mass is 32.2. The van der Waals surface area contributed by atoms with Crippen LogP contribution in [0.4, 0.5) is 5.69 Å². The molecule has 4 rings (SSSR count). The average molecular weight is 404 g/mol. The molecule has 2 aliphatic rings. The number of nitrogens with zero attached hydrogens (tertiary/aromatic N) is 2. The number of furan rings is 1. The zero-order valence-corrected chi connectivity index (χ0v) is 16.5. The summed E-state index contributed by atoms with van der Waals surface area (Å²) in [6.45, 7) is 1.95. The van der Waals surface area contributed by atoms with Gasteiger partial charge in [-0.1, -0.05) is 6.07 Å². The van der Waals surface area contributed by atoms with E-state index in [0.717, 1.165) is 31.4 Å². The summed E-state index contributed by atoms with van der Waals surface area (Å²) in [5, 5.41) is 2.84. The number of hydrogen-bond acceptors (Lipinski definition) is 5. The Hall–Kier alpha value is -2.16. The summed E-state index contributed by atoms with van der Waals surface area (Å²) in [5.74, 6) is 0.674. The first-order valence-corrected chi connectivity index (χ1v) is 11.1. The largest absolute Gasteiger partial charge is 0.468 e. The molecule has 0 bridgehead atoms. The van der Waals surface area contributed by atoms with Gasteiger partial charge in [0, 0.05) is 24.8 Å². The van der Waals surface area contributed by atoms with Crippen molar-refractivity contribution < 1.29 is 17.6 Å². The molecule has 8 heteroatoms. The minimum absolute atomic E-state index is 0.158. The molecule has 1 aromatic heterocycles. The number of sulfonamides is 1. The first-order valence-electron chi connectivity index (χ1n) is 9.69. The molecular formula is C20H25N3O4S. The van der Waals surface area contributed by atoms with Crippen LogP contribution in [-0.4, -0.2) is 49.2 Å². The minimum Gasteiger partial charge on any atom is -0.468 e. The van der Waals surface area contributed by atoms with E-state index in [1.54, 1.807) is 30.5 Å². The zero-order chi connectivity index (χ0) is 19.6. The Kier molecular flexibility index (Phi) is 5.52. The zero-order valence-electron chi connectivity index (χ0n) is 15.7. The maximum absolute atomic E-state index is 12.7. The molecule has 2 heterocycles. The van der Waals surface area contributed by atoms with E-state index in [1.165, 1.54) is 4.31 Å². The topological polar surface area (TPSA) is 82.9 Å². The molecule has 0 spiro atoms. The van der Waals surface area contributed by atoms with Gasteiger partial charge < -0.3 is 9.73 Å². The SMILES string of the molecule is O=C(CN(Cc1ccco1)C1CC1)Nc1cccc(S(=O)(=O)N2CCCC2)c1. The summed E-state index contributed by atoms with van der Waals surface area (Å²) >= 11 is 0. The molecule has 1 aromatic carbocycles. The fraction of sp³-hybridized carbons (Fsp3) is 0.450. The van der Waals surface area contributed by atoms with Crippen LogP contribution in [0.15, 0.2) is 52.0 Å². The van der Waals surface area contributed by atoms with Crippen molar-refractivity contribution in [3.63, 3.8) is 0 Å². The fourth-order valence-corrected chi connectivity index (χ4v) is 5.12. The molecular weight excluding hydrogens is 378 g/mol. The number of nitrogens with one attached hydrogen (secondary N) is 1. The van der Waals surface area contributed by atoms with Crippen LogP contribution in [-0.2, 0) is 21.4 Å². The number of carbonyl (C=O) groups is 1. The number of carbonyl (C=O) groups excluding carboxylic acids is 1. The number of anilines is 1. The van der Waals surface area contributed by atoms with Crippen molar-refractivity contribution in [1.82, 2.24) is 9.21 Å². The summed E-state index contributed by atoms with van der Waals surface area (Å²) in [7, 11) is -3.50. The Bertz CT molecular complexity index is 917. The lowest BCUT2D eigenvalue weighted by Gasteiger charge is -2.20. The molecule has 28 heavy (non-hydrogen) atoms. The van der Waals surface area contributed by atoms with E-state index in [4.69, 9.17) is 4.42 Å². The van der Waals surface area contributed by atoms with Crippen LogP contribution in [0.5, 0.6) is 0 Å². The Morgan fingerprint density at radius 1 is 1.18 bits per heavy atom. The van der Waals surface area contributed by atoms with Crippen molar-refractivity contribution in [2.45, 2.75) is 43.2 Å². The smallest absolute Gasteiger partial charge is 0.243 e. The molecule has 1 aliphatic heterocycles. The van der Waals surface area contributed by atoms with E-state index in [9.17, 15) is 13.2 Å². The highest BCUT2D eigenvalue weighted by Crippen LogP contribution is 2.28. The molecule has 1 aliphatic carbocycles. The van der Waals surface area contributed by atoms with Gasteiger partial charge in [-0.15, -0.1) is 0 Å². The third kappa shape index (κ3) is 4.45. The predicted octanol–water partition coefficient (Wildman–Crippen LogP) is 2.67. The molecule has 1 N–H and O–H groups in total. The third-order valence-corrected chi connectivity index (χ3v) is 7.06. The van der Waals surface area contributed by atoms with Crippen molar-refractivity contribution in [2.75, 3.05) is 25.0 Å². The van der Waals surface area contributed by atoms with Crippen molar-refractivity contribution in [3.8, 4) is 0 Å². The first-order chi connectivity index (χ1) is 13.5. The number of hydrogen-bond donors (Lipinski definition) is 1. The second kappa shape index (κ2) is 8.06. The lowest BCUT2D eigenvalue weighted by atomic mass is 10.3. The maximum Gasteiger partial charge on any atom is 0.243 e. The monoisotopic (exact) mass is 403 g/mol. The lowest BCUT2D eigenvalue weighted by Crippen LogP contribution is -2.34. The molecule has 2 fully saturated rings. The Labute approximate surface area is 165 Å². The molecule has 1 saturated carbocycles. The Morgan fingerprint density at radius 2 is 1.96 bits per heavy atom. The summed E-state index contributed by atoms with van der Waals surface area (Å²) in [6, 6.07) is 10.6. The van der Waals surface area contributed by atoms with E-state index in [0.29, 0.717) is 31.4 Å². The molecule has 0 unspecified atom stereocenters. The van der Waals surface area contributed by atoms with Gasteiger partial charge in [0.2, 0.25) is 15.9 Å². The first kappa shape index (κ1) is 19.2. The Morgan fingerprint density at radius 3 is 2.64 bits per heavy atom. The lowest BCUT2D eigenvalue weighted by molar-refractivity contribution is -0.117. The predicted molar refractivity (Wildman–Crippen MR) is 105 cm³/mol. The van der Waals surface area contributed by atoms with Crippen molar-refractivity contribution in [2.24, 2.45) is 0 Å². The summed E-state index contributed by atoms with van der Waals surface area (Å²) in [4.78, 5) is 14.9. The summed E-state index contributed by atoms with van der Waals surface area (Å²) in [6.07, 6.45) is 5.58. The van der Waals surface area contributed by atoms with Crippen LogP contribution in [0.3, 0.4) is 0 Å². The van der Waals surface area contributed by atoms with Crippen LogP contribution in [0.1, 0.15) is 31.4 Å². The second-order valence-corrected chi connectivity index (χ2v) is 9.34. The molecule has 0 radical (unpaired) electrons. The third-order valence-electron chi connectivity index (χ3n) is 5.17. The highest BCUT2D eigenvalue weighted by Gasteiger charge is 2.31. The fourth-order valence-electron chi connectivity index (χ4n) is 3.55. The quantitative estimate of drug-likeness (QED) is 0.733. The number of amides is 1. The van der Waals surface area contributed by atoms with Gasteiger partial charge in [0.1, 0.15) is 5.76 Å². The van der Waals surface area contributed by atoms with Crippen LogP contribution in [0.2, 0.25) is 0 Å². The van der Waals surface area contributed by atoms with Gasteiger partial charge >= 0.3 is 0 Å². The highest BCUT2D eigenvalue weighted by molar-refractivity contribution is 7.89. The second-order valence-electron chi connectivity index (χ2n) is 7.40. The van der Waals surface area contributed by atoms with Crippen molar-refractivity contribution in [3.05, 3.63) is 48.4 Å². The molecule has 7 nitrogen and oxygen atoms in total. The van der Waals surface area contributed by atoms with Crippen LogP contribution in [0.25, 0.3) is 0 Å². The number of benzene rings is 1. The van der Waals surface area contributed by atoms with Gasteiger partial charge in [0.25, 0.3) is 0 Å². The minimum atomic E-state index is -3.50. The van der Waals surface area contributed by atoms with Crippen LogP contribution >= 0.6 is 0 Å². The van der Waals surface area contributed by atoms with Crippen LogP contribution in [0, 0.1) is 0 Å². The summed E-state index contributed by atoms with van der Waals surface area (Å²) < 4.78 is 32.3. The van der Waals surface area contributed by atoms with Crippen molar-refractivity contribution >= 4 is 21.6 Å². The van der Waals surface area contributed by atoms with Gasteiger partial charge in [-0.3, -0.25) is 9.69 Å². The molecule has 1 saturated heterocycles. The van der Waals surface area contributed by atoms with Gasteiger partial charge in [0.05, 0.1) is 24.2 Å². The average Bonchev–Trinajstić information content (AvgIpc) is 3.14. The van der Waals surface area contributed by atoms with E-state index in [1.807, 2.05) is 12.1 Å².